The third-order valence-corrected chi connectivity index (χ3v) is 6.79. The molecule has 5 rings (SSSR count). The summed E-state index contributed by atoms with van der Waals surface area (Å²) >= 11 is 0. The molecule has 3 aromatic carbocycles. The summed E-state index contributed by atoms with van der Waals surface area (Å²) < 4.78 is 5.85. The molecule has 0 amide bonds. The van der Waals surface area contributed by atoms with E-state index in [4.69, 9.17) is 4.74 Å². The highest BCUT2D eigenvalue weighted by Gasteiger charge is 2.24. The molecule has 0 saturated carbocycles. The van der Waals surface area contributed by atoms with E-state index < -0.39 is 5.97 Å². The van der Waals surface area contributed by atoms with Crippen molar-refractivity contribution in [3.63, 3.8) is 0 Å². The Bertz CT molecular complexity index is 1480. The number of benzene rings is 3. The first-order valence-corrected chi connectivity index (χ1v) is 10.9. The third kappa shape index (κ3) is 3.00. The van der Waals surface area contributed by atoms with Gasteiger partial charge in [0, 0.05) is 10.8 Å². The van der Waals surface area contributed by atoms with E-state index in [1.54, 1.807) is 0 Å². The zero-order valence-corrected chi connectivity index (χ0v) is 18.5. The summed E-state index contributed by atoms with van der Waals surface area (Å²) in [6.45, 7) is 6.76. The number of nitrogens with one attached hydrogen (secondary N) is 1. The topological polar surface area (TPSA) is 79.4 Å². The number of hydrogen-bond donors (Lipinski definition) is 2. The smallest absolute Gasteiger partial charge is 0.307 e. The number of aromatic amines is 1. The Morgan fingerprint density at radius 3 is 2.53 bits per heavy atom. The highest BCUT2D eigenvalue weighted by Crippen LogP contribution is 2.42. The molecule has 0 fully saturated rings. The van der Waals surface area contributed by atoms with Crippen molar-refractivity contribution in [1.29, 1.82) is 0 Å². The molecule has 0 aliphatic carbocycles. The van der Waals surface area contributed by atoms with E-state index in [0.29, 0.717) is 10.9 Å². The fourth-order valence-electron chi connectivity index (χ4n) is 5.25. The average molecular weight is 428 g/mol. The van der Waals surface area contributed by atoms with Gasteiger partial charge in [-0.25, -0.2) is 0 Å². The Morgan fingerprint density at radius 2 is 1.78 bits per heavy atom. The Balaban J connectivity index is 1.95. The number of fused-ring (bicyclic) bond motifs is 4. The van der Waals surface area contributed by atoms with Crippen LogP contribution in [0.2, 0.25) is 0 Å². The van der Waals surface area contributed by atoms with Crippen LogP contribution in [0.4, 0.5) is 0 Å². The molecule has 5 heteroatoms. The Labute approximate surface area is 185 Å². The summed E-state index contributed by atoms with van der Waals surface area (Å²) in [7, 11) is 0. The zero-order chi connectivity index (χ0) is 22.6. The maximum atomic E-state index is 12.8. The minimum atomic E-state index is -0.893. The number of hydrogen-bond acceptors (Lipinski definition) is 3. The Kier molecular flexibility index (Phi) is 4.77. The van der Waals surface area contributed by atoms with Crippen LogP contribution in [0.25, 0.3) is 32.8 Å². The molecule has 5 nitrogen and oxygen atoms in total. The van der Waals surface area contributed by atoms with Crippen molar-refractivity contribution in [2.24, 2.45) is 0 Å². The van der Waals surface area contributed by atoms with Crippen molar-refractivity contribution in [2.45, 2.75) is 40.0 Å². The molecule has 162 valence electrons. The monoisotopic (exact) mass is 427 g/mol. The molecule has 0 spiro atoms. The number of carboxylic acids is 1. The fourth-order valence-corrected chi connectivity index (χ4v) is 5.25. The lowest BCUT2D eigenvalue weighted by Crippen LogP contribution is -2.13. The predicted molar refractivity (Wildman–Crippen MR) is 127 cm³/mol. The summed E-state index contributed by atoms with van der Waals surface area (Å²) in [5.74, 6) is 0.0254. The van der Waals surface area contributed by atoms with E-state index in [1.807, 2.05) is 50.2 Å². The van der Waals surface area contributed by atoms with Crippen LogP contribution in [0.5, 0.6) is 5.75 Å². The SMILES string of the molecule is Cc1c(-c2c(CC(=O)O)c(C)c3[nH]c(=O)c4ccccc4c3c2C)ccc2c1CCCO2. The van der Waals surface area contributed by atoms with Crippen molar-refractivity contribution in [3.8, 4) is 16.9 Å². The second kappa shape index (κ2) is 7.52. The van der Waals surface area contributed by atoms with Crippen LogP contribution in [-0.2, 0) is 17.6 Å². The van der Waals surface area contributed by atoms with Gasteiger partial charge < -0.3 is 14.8 Å². The number of carboxylic acid groups (broad SMARTS) is 1. The molecule has 2 heterocycles. The van der Waals surface area contributed by atoms with Gasteiger partial charge in [-0.15, -0.1) is 0 Å². The molecule has 1 aromatic heterocycles. The quantitative estimate of drug-likeness (QED) is 0.439. The first kappa shape index (κ1) is 20.3. The van der Waals surface area contributed by atoms with E-state index >= 15 is 0 Å². The van der Waals surface area contributed by atoms with Gasteiger partial charge in [-0.1, -0.05) is 24.3 Å². The fraction of sp³-hybridized carbons (Fsp3) is 0.259. The summed E-state index contributed by atoms with van der Waals surface area (Å²) in [5, 5.41) is 12.2. The minimum Gasteiger partial charge on any atom is -0.493 e. The second-order valence-electron chi connectivity index (χ2n) is 8.59. The number of pyridine rings is 1. The number of ether oxygens (including phenoxy) is 1. The summed E-state index contributed by atoms with van der Waals surface area (Å²) in [6, 6.07) is 11.6. The molecule has 1 aliphatic rings. The first-order chi connectivity index (χ1) is 15.4. The molecular weight excluding hydrogens is 402 g/mol. The summed E-state index contributed by atoms with van der Waals surface area (Å²) in [5.41, 5.74) is 7.38. The zero-order valence-electron chi connectivity index (χ0n) is 18.5. The molecule has 0 bridgehead atoms. The molecule has 0 saturated heterocycles. The maximum Gasteiger partial charge on any atom is 0.307 e. The van der Waals surface area contributed by atoms with Crippen molar-refractivity contribution in [1.82, 2.24) is 4.98 Å². The molecule has 0 atom stereocenters. The third-order valence-electron chi connectivity index (χ3n) is 6.79. The Morgan fingerprint density at radius 1 is 1.03 bits per heavy atom. The molecule has 2 N–H and O–H groups in total. The Hall–Kier alpha value is -3.60. The lowest BCUT2D eigenvalue weighted by atomic mass is 9.83. The van der Waals surface area contributed by atoms with E-state index in [0.717, 1.165) is 69.4 Å². The number of aryl methyl sites for hydroxylation is 2. The van der Waals surface area contributed by atoms with Crippen LogP contribution in [-0.4, -0.2) is 22.7 Å². The number of aromatic nitrogens is 1. The second-order valence-corrected chi connectivity index (χ2v) is 8.59. The van der Waals surface area contributed by atoms with Crippen LogP contribution < -0.4 is 10.3 Å². The van der Waals surface area contributed by atoms with Crippen molar-refractivity contribution < 1.29 is 14.6 Å². The highest BCUT2D eigenvalue weighted by molar-refractivity contribution is 6.11. The van der Waals surface area contributed by atoms with Gasteiger partial charge in [0.15, 0.2) is 0 Å². The standard InChI is InChI=1S/C27H25NO4/c1-14-17-9-6-12-32-22(17)11-10-18(14)24-16(3)25-19-7-4-5-8-20(19)27(31)28-26(25)15(2)21(24)13-23(29)30/h4-5,7-8,10-11H,6,9,12-13H2,1-3H3,(H,28,31)(H,29,30). The minimum absolute atomic E-state index is 0.111. The molecule has 0 radical (unpaired) electrons. The predicted octanol–water partition coefficient (Wildman–Crippen LogP) is 5.23. The maximum absolute atomic E-state index is 12.8. The van der Waals surface area contributed by atoms with Crippen LogP contribution >= 0.6 is 0 Å². The van der Waals surface area contributed by atoms with Gasteiger partial charge in [-0.3, -0.25) is 9.59 Å². The molecule has 0 unspecified atom stereocenters. The van der Waals surface area contributed by atoms with E-state index in [-0.39, 0.29) is 12.0 Å². The number of aliphatic carboxylic acids is 1. The van der Waals surface area contributed by atoms with Crippen molar-refractivity contribution >= 4 is 27.6 Å². The van der Waals surface area contributed by atoms with E-state index in [9.17, 15) is 14.7 Å². The average Bonchev–Trinajstić information content (AvgIpc) is 2.78. The lowest BCUT2D eigenvalue weighted by Gasteiger charge is -2.24. The summed E-state index contributed by atoms with van der Waals surface area (Å²) in [4.78, 5) is 27.7. The molecular formula is C27H25NO4. The van der Waals surface area contributed by atoms with Crippen LogP contribution in [0.15, 0.2) is 41.2 Å². The van der Waals surface area contributed by atoms with E-state index in [2.05, 4.69) is 11.9 Å². The number of carbonyl (C=O) groups is 1. The van der Waals surface area contributed by atoms with Gasteiger partial charge >= 0.3 is 5.97 Å². The first-order valence-electron chi connectivity index (χ1n) is 10.9. The van der Waals surface area contributed by atoms with Gasteiger partial charge in [0.25, 0.3) is 5.56 Å². The van der Waals surface area contributed by atoms with Crippen LogP contribution in [0, 0.1) is 20.8 Å². The van der Waals surface area contributed by atoms with Gasteiger partial charge in [-0.2, -0.15) is 0 Å². The lowest BCUT2D eigenvalue weighted by molar-refractivity contribution is -0.136. The highest BCUT2D eigenvalue weighted by atomic mass is 16.5. The number of H-pyrrole nitrogens is 1. The molecule has 4 aromatic rings. The van der Waals surface area contributed by atoms with Gasteiger partial charge in [0.2, 0.25) is 0 Å². The van der Waals surface area contributed by atoms with Crippen LogP contribution in [0.3, 0.4) is 0 Å². The van der Waals surface area contributed by atoms with Gasteiger partial charge in [-0.05, 0) is 90.1 Å². The van der Waals surface area contributed by atoms with Gasteiger partial charge in [0.05, 0.1) is 18.5 Å². The van der Waals surface area contributed by atoms with E-state index in [1.165, 1.54) is 5.56 Å². The normalized spacial score (nSPS) is 13.2. The largest absolute Gasteiger partial charge is 0.493 e. The summed E-state index contributed by atoms with van der Waals surface area (Å²) in [6.07, 6.45) is 1.81. The van der Waals surface area contributed by atoms with Crippen LogP contribution in [0.1, 0.15) is 34.2 Å². The van der Waals surface area contributed by atoms with Crippen molar-refractivity contribution in [3.05, 3.63) is 74.6 Å². The number of rotatable bonds is 3. The molecule has 32 heavy (non-hydrogen) atoms. The van der Waals surface area contributed by atoms with Crippen molar-refractivity contribution in [2.75, 3.05) is 6.61 Å². The van der Waals surface area contributed by atoms with Gasteiger partial charge in [0.1, 0.15) is 5.75 Å². The molecule has 1 aliphatic heterocycles.